The predicted octanol–water partition coefficient (Wildman–Crippen LogP) is 4.36. The van der Waals surface area contributed by atoms with Crippen LogP contribution in [0.4, 0.5) is 5.69 Å². The molecule has 1 heterocycles. The van der Waals surface area contributed by atoms with Crippen molar-refractivity contribution >= 4 is 28.9 Å². The monoisotopic (exact) mass is 414 g/mol. The minimum absolute atomic E-state index is 0.0100. The number of fused-ring (bicyclic) bond motifs is 1. The van der Waals surface area contributed by atoms with Gasteiger partial charge < -0.3 is 14.4 Å². The summed E-state index contributed by atoms with van der Waals surface area (Å²) in [5.41, 5.74) is 3.57. The fraction of sp³-hybridized carbons (Fsp3) is 0.391. The van der Waals surface area contributed by atoms with Crippen LogP contribution in [0.5, 0.6) is 0 Å². The lowest BCUT2D eigenvalue weighted by atomic mass is 10.00. The average Bonchev–Trinajstić information content (AvgIpc) is 2.87. The number of carbonyl (C=O) groups excluding carboxylic acids is 1. The molecule has 0 saturated carbocycles. The highest BCUT2D eigenvalue weighted by molar-refractivity contribution is 6.32. The number of amides is 1. The van der Waals surface area contributed by atoms with Gasteiger partial charge in [-0.25, -0.2) is 0 Å². The molecule has 0 fully saturated rings. The molecule has 6 heteroatoms. The highest BCUT2D eigenvalue weighted by atomic mass is 35.5. The van der Waals surface area contributed by atoms with Gasteiger partial charge in [-0.05, 0) is 37.5 Å². The molecule has 29 heavy (non-hydrogen) atoms. The van der Waals surface area contributed by atoms with E-state index in [0.29, 0.717) is 31.4 Å². The third kappa shape index (κ3) is 5.89. The summed E-state index contributed by atoms with van der Waals surface area (Å²) in [6.07, 6.45) is 2.86. The summed E-state index contributed by atoms with van der Waals surface area (Å²) in [7, 11) is 1.67. The Morgan fingerprint density at radius 1 is 1.03 bits per heavy atom. The lowest BCUT2D eigenvalue weighted by Gasteiger charge is -2.23. The van der Waals surface area contributed by atoms with Gasteiger partial charge in [-0.15, -0.1) is 0 Å². The van der Waals surface area contributed by atoms with Crippen LogP contribution < -0.4 is 4.90 Å². The van der Waals surface area contributed by atoms with Crippen LogP contribution >= 0.6 is 11.6 Å². The van der Waals surface area contributed by atoms with E-state index in [0.717, 1.165) is 41.8 Å². The Kier molecular flexibility index (Phi) is 8.23. The van der Waals surface area contributed by atoms with E-state index in [-0.39, 0.29) is 12.5 Å². The predicted molar refractivity (Wildman–Crippen MR) is 117 cm³/mol. The number of methoxy groups -OCH3 is 1. The first-order valence-corrected chi connectivity index (χ1v) is 10.4. The molecule has 0 bridgehead atoms. The Balaban J connectivity index is 1.70. The van der Waals surface area contributed by atoms with Gasteiger partial charge in [0.2, 0.25) is 5.91 Å². The van der Waals surface area contributed by atoms with Crippen molar-refractivity contribution in [3.05, 3.63) is 64.7 Å². The number of hydrogen-bond acceptors (Lipinski definition) is 4. The molecular weight excluding hydrogens is 388 g/mol. The third-order valence-corrected chi connectivity index (χ3v) is 5.06. The van der Waals surface area contributed by atoms with E-state index in [1.807, 2.05) is 53.4 Å². The van der Waals surface area contributed by atoms with Crippen LogP contribution in [-0.4, -0.2) is 51.6 Å². The number of unbranched alkanes of at least 4 members (excludes halogenated alkanes) is 2. The first-order chi connectivity index (χ1) is 14.2. The number of ether oxygens (including phenoxy) is 2. The minimum Gasteiger partial charge on any atom is -0.382 e. The summed E-state index contributed by atoms with van der Waals surface area (Å²) in [6, 6.07) is 15.6. The van der Waals surface area contributed by atoms with Crippen LogP contribution in [0.25, 0.3) is 0 Å². The van der Waals surface area contributed by atoms with Gasteiger partial charge in [-0.3, -0.25) is 9.79 Å². The largest absolute Gasteiger partial charge is 0.382 e. The number of aliphatic imine (C=N–C) groups is 1. The third-order valence-electron chi connectivity index (χ3n) is 4.83. The summed E-state index contributed by atoms with van der Waals surface area (Å²) >= 11 is 6.28. The molecule has 1 aliphatic rings. The van der Waals surface area contributed by atoms with Crippen LogP contribution in [0.3, 0.4) is 0 Å². The second-order valence-corrected chi connectivity index (χ2v) is 7.34. The molecule has 0 saturated heterocycles. The number of hydrogen-bond donors (Lipinski definition) is 0. The zero-order valence-electron chi connectivity index (χ0n) is 16.8. The Hall–Kier alpha value is -2.21. The number of anilines is 1. The smallest absolute Gasteiger partial charge is 0.248 e. The molecule has 5 nitrogen and oxygen atoms in total. The normalized spacial score (nSPS) is 13.8. The highest BCUT2D eigenvalue weighted by Crippen LogP contribution is 2.30. The second-order valence-electron chi connectivity index (χ2n) is 6.90. The van der Waals surface area contributed by atoms with Gasteiger partial charge in [0, 0.05) is 36.4 Å². The van der Waals surface area contributed by atoms with E-state index < -0.39 is 0 Å². The topological polar surface area (TPSA) is 51.1 Å². The Bertz CT molecular complexity index is 839. The molecule has 1 amide bonds. The van der Waals surface area contributed by atoms with Gasteiger partial charge in [0.15, 0.2) is 0 Å². The van der Waals surface area contributed by atoms with Crippen molar-refractivity contribution in [1.82, 2.24) is 0 Å². The molecule has 0 aromatic heterocycles. The molecular formula is C23H27ClN2O3. The van der Waals surface area contributed by atoms with Crippen LogP contribution in [-0.2, 0) is 14.3 Å². The van der Waals surface area contributed by atoms with E-state index in [4.69, 9.17) is 21.1 Å². The molecule has 0 radical (unpaired) electrons. The quantitative estimate of drug-likeness (QED) is 0.543. The summed E-state index contributed by atoms with van der Waals surface area (Å²) in [5, 5.41) is 0.634. The fourth-order valence-corrected chi connectivity index (χ4v) is 3.54. The maximum Gasteiger partial charge on any atom is 0.248 e. The molecule has 154 valence electrons. The van der Waals surface area contributed by atoms with Crippen molar-refractivity contribution in [3.8, 4) is 0 Å². The summed E-state index contributed by atoms with van der Waals surface area (Å²) in [5.74, 6) is 0.0100. The number of benzodiazepines with no additional fused rings is 1. The van der Waals surface area contributed by atoms with Crippen molar-refractivity contribution in [2.75, 3.05) is 44.9 Å². The first kappa shape index (κ1) is 21.5. The summed E-state index contributed by atoms with van der Waals surface area (Å²) in [4.78, 5) is 19.3. The molecule has 1 aliphatic heterocycles. The van der Waals surface area contributed by atoms with Gasteiger partial charge in [0.1, 0.15) is 6.54 Å². The molecule has 0 atom stereocenters. The minimum atomic E-state index is 0.0100. The Morgan fingerprint density at radius 2 is 1.86 bits per heavy atom. The van der Waals surface area contributed by atoms with Crippen molar-refractivity contribution < 1.29 is 14.3 Å². The van der Waals surface area contributed by atoms with E-state index in [9.17, 15) is 4.79 Å². The van der Waals surface area contributed by atoms with Gasteiger partial charge in [0.05, 0.1) is 24.6 Å². The fourth-order valence-electron chi connectivity index (χ4n) is 3.37. The standard InChI is InChI=1S/C23H27ClN2O3/c1-28-14-15-29-13-7-3-6-12-26-21-11-10-19(24)16-20(21)23(25-17-22(26)27)18-8-4-2-5-9-18/h2,4-5,8-11,16H,3,6-7,12-15,17H2,1H3. The molecule has 3 rings (SSSR count). The zero-order chi connectivity index (χ0) is 20.5. The molecule has 0 spiro atoms. The van der Waals surface area contributed by atoms with Crippen LogP contribution in [0.1, 0.15) is 30.4 Å². The lowest BCUT2D eigenvalue weighted by molar-refractivity contribution is -0.117. The number of benzene rings is 2. The van der Waals surface area contributed by atoms with Gasteiger partial charge in [-0.2, -0.15) is 0 Å². The van der Waals surface area contributed by atoms with E-state index in [1.54, 1.807) is 7.11 Å². The summed E-state index contributed by atoms with van der Waals surface area (Å²) in [6.45, 7) is 2.74. The van der Waals surface area contributed by atoms with Crippen molar-refractivity contribution in [3.63, 3.8) is 0 Å². The molecule has 0 N–H and O–H groups in total. The number of rotatable bonds is 10. The molecule has 2 aromatic rings. The summed E-state index contributed by atoms with van der Waals surface area (Å²) < 4.78 is 10.5. The van der Waals surface area contributed by atoms with Gasteiger partial charge >= 0.3 is 0 Å². The first-order valence-electron chi connectivity index (χ1n) is 9.97. The number of carbonyl (C=O) groups is 1. The van der Waals surface area contributed by atoms with Crippen LogP contribution in [0, 0.1) is 0 Å². The second kappa shape index (κ2) is 11.1. The highest BCUT2D eigenvalue weighted by Gasteiger charge is 2.25. The van der Waals surface area contributed by atoms with E-state index >= 15 is 0 Å². The zero-order valence-corrected chi connectivity index (χ0v) is 17.5. The Labute approximate surface area is 177 Å². The van der Waals surface area contributed by atoms with E-state index in [2.05, 4.69) is 4.99 Å². The number of nitrogens with zero attached hydrogens (tertiary/aromatic N) is 2. The average molecular weight is 415 g/mol. The van der Waals surface area contributed by atoms with Crippen LogP contribution in [0.2, 0.25) is 5.02 Å². The van der Waals surface area contributed by atoms with Gasteiger partial charge in [0.25, 0.3) is 0 Å². The number of halogens is 1. The Morgan fingerprint density at radius 3 is 2.66 bits per heavy atom. The van der Waals surface area contributed by atoms with E-state index in [1.165, 1.54) is 0 Å². The molecule has 2 aromatic carbocycles. The molecule has 0 unspecified atom stereocenters. The van der Waals surface area contributed by atoms with Crippen molar-refractivity contribution in [2.24, 2.45) is 4.99 Å². The maximum atomic E-state index is 12.8. The van der Waals surface area contributed by atoms with Gasteiger partial charge in [-0.1, -0.05) is 41.9 Å². The van der Waals surface area contributed by atoms with Crippen molar-refractivity contribution in [1.29, 1.82) is 0 Å². The molecule has 0 aliphatic carbocycles. The van der Waals surface area contributed by atoms with Crippen molar-refractivity contribution in [2.45, 2.75) is 19.3 Å². The lowest BCUT2D eigenvalue weighted by Crippen LogP contribution is -2.33. The maximum absolute atomic E-state index is 12.8. The SMILES string of the molecule is COCCOCCCCCN1C(=O)CN=C(c2ccccc2)c2cc(Cl)ccc21. The van der Waals surface area contributed by atoms with Crippen LogP contribution in [0.15, 0.2) is 53.5 Å².